The third-order valence-electron chi connectivity index (χ3n) is 0.653. The van der Waals surface area contributed by atoms with Crippen molar-refractivity contribution in [3.8, 4) is 0 Å². The van der Waals surface area contributed by atoms with Gasteiger partial charge in [-0.3, -0.25) is 4.79 Å². The lowest BCUT2D eigenvalue weighted by Gasteiger charge is -1.90. The molecule has 0 aromatic heterocycles. The quantitative estimate of drug-likeness (QED) is 0.574. The van der Waals surface area contributed by atoms with Crippen molar-refractivity contribution in [1.82, 2.24) is 0 Å². The highest BCUT2D eigenvalue weighted by atomic mass is 16.5. The highest BCUT2D eigenvalue weighted by molar-refractivity contribution is 5.65. The van der Waals surface area contributed by atoms with Gasteiger partial charge in [-0.05, 0) is 5.92 Å². The summed E-state index contributed by atoms with van der Waals surface area (Å²) in [6, 6.07) is 0. The van der Waals surface area contributed by atoms with Gasteiger partial charge >= 0.3 is 5.97 Å². The molecular formula is C8H20O4. The number of methoxy groups -OCH3 is 1. The van der Waals surface area contributed by atoms with Crippen LogP contribution >= 0.6 is 0 Å². The molecule has 0 spiro atoms. The molecule has 0 fully saturated rings. The van der Waals surface area contributed by atoms with Gasteiger partial charge in [-0.2, -0.15) is 0 Å². The molecule has 0 unspecified atom stereocenters. The summed E-state index contributed by atoms with van der Waals surface area (Å²) in [5.41, 5.74) is 0. The van der Waals surface area contributed by atoms with Gasteiger partial charge in [0.25, 0.3) is 0 Å². The molecule has 0 saturated heterocycles. The Balaban J connectivity index is -0.000000112. The molecule has 12 heavy (non-hydrogen) atoms. The standard InChI is InChI=1S/C4H10O.C3H6O2.CH4O/c1-4(2)3-5;1-3(4)5-2;1-2/h4-5H,3H2,1-2H3;1-2H3;2H,1H3. The summed E-state index contributed by atoms with van der Waals surface area (Å²) in [5, 5.41) is 15.1. The summed E-state index contributed by atoms with van der Waals surface area (Å²) in [6.45, 7) is 5.61. The number of hydrogen-bond acceptors (Lipinski definition) is 4. The zero-order chi connectivity index (χ0) is 10.6. The number of esters is 1. The minimum absolute atomic E-state index is 0.245. The average Bonchev–Trinajstić information content (AvgIpc) is 2.09. The Kier molecular flexibility index (Phi) is 24.4. The van der Waals surface area contributed by atoms with E-state index in [1.165, 1.54) is 14.0 Å². The van der Waals surface area contributed by atoms with Crippen LogP contribution in [0.3, 0.4) is 0 Å². The molecule has 0 aliphatic carbocycles. The van der Waals surface area contributed by atoms with Crippen LogP contribution in [-0.2, 0) is 9.53 Å². The molecule has 0 heterocycles. The number of carbonyl (C=O) groups is 1. The zero-order valence-electron chi connectivity index (χ0n) is 8.50. The van der Waals surface area contributed by atoms with E-state index in [-0.39, 0.29) is 5.97 Å². The van der Waals surface area contributed by atoms with E-state index in [0.717, 1.165) is 7.11 Å². The van der Waals surface area contributed by atoms with Crippen LogP contribution in [0.2, 0.25) is 0 Å². The van der Waals surface area contributed by atoms with Gasteiger partial charge in [0.05, 0.1) is 7.11 Å². The minimum atomic E-state index is -0.245. The molecule has 76 valence electrons. The Morgan fingerprint density at radius 2 is 1.58 bits per heavy atom. The van der Waals surface area contributed by atoms with Crippen molar-refractivity contribution < 1.29 is 19.7 Å². The summed E-state index contributed by atoms with van der Waals surface area (Å²) in [5.74, 6) is 0.194. The van der Waals surface area contributed by atoms with Crippen LogP contribution in [0.4, 0.5) is 0 Å². The minimum Gasteiger partial charge on any atom is -0.469 e. The van der Waals surface area contributed by atoms with Gasteiger partial charge in [0, 0.05) is 20.6 Å². The molecule has 0 rings (SSSR count). The monoisotopic (exact) mass is 180 g/mol. The van der Waals surface area contributed by atoms with Crippen molar-refractivity contribution in [1.29, 1.82) is 0 Å². The molecule has 0 saturated carbocycles. The molecule has 2 N–H and O–H groups in total. The van der Waals surface area contributed by atoms with E-state index < -0.39 is 0 Å². The molecule has 0 aromatic carbocycles. The Hall–Kier alpha value is -0.610. The Morgan fingerprint density at radius 3 is 1.58 bits per heavy atom. The fraction of sp³-hybridized carbons (Fsp3) is 0.875. The third-order valence-corrected chi connectivity index (χ3v) is 0.653. The van der Waals surface area contributed by atoms with Crippen LogP contribution in [0.5, 0.6) is 0 Å². The second-order valence-corrected chi connectivity index (χ2v) is 2.27. The lowest BCUT2D eigenvalue weighted by Crippen LogP contribution is -1.90. The highest BCUT2D eigenvalue weighted by Crippen LogP contribution is 1.83. The summed E-state index contributed by atoms with van der Waals surface area (Å²) < 4.78 is 4.11. The topological polar surface area (TPSA) is 66.8 Å². The average molecular weight is 180 g/mol. The first-order valence-electron chi connectivity index (χ1n) is 3.64. The van der Waals surface area contributed by atoms with Crippen molar-refractivity contribution in [2.75, 3.05) is 20.8 Å². The predicted octanol–water partition coefficient (Wildman–Crippen LogP) is 0.422. The maximum atomic E-state index is 9.59. The van der Waals surface area contributed by atoms with E-state index in [0.29, 0.717) is 12.5 Å². The molecule has 0 atom stereocenters. The van der Waals surface area contributed by atoms with E-state index in [4.69, 9.17) is 10.2 Å². The van der Waals surface area contributed by atoms with Crippen molar-refractivity contribution >= 4 is 5.97 Å². The van der Waals surface area contributed by atoms with Crippen molar-refractivity contribution in [2.24, 2.45) is 5.92 Å². The lowest BCUT2D eigenvalue weighted by atomic mass is 10.2. The van der Waals surface area contributed by atoms with Gasteiger partial charge in [0.1, 0.15) is 0 Å². The van der Waals surface area contributed by atoms with E-state index in [9.17, 15) is 4.79 Å². The first-order chi connectivity index (χ1) is 5.54. The van der Waals surface area contributed by atoms with Crippen molar-refractivity contribution in [3.05, 3.63) is 0 Å². The molecular weight excluding hydrogens is 160 g/mol. The zero-order valence-corrected chi connectivity index (χ0v) is 8.50. The van der Waals surface area contributed by atoms with Gasteiger partial charge in [0.15, 0.2) is 0 Å². The molecule has 0 bridgehead atoms. The molecule has 0 aliphatic heterocycles. The van der Waals surface area contributed by atoms with E-state index in [1.54, 1.807) is 0 Å². The van der Waals surface area contributed by atoms with Crippen molar-refractivity contribution in [3.63, 3.8) is 0 Å². The number of hydrogen-bond donors (Lipinski definition) is 2. The summed E-state index contributed by atoms with van der Waals surface area (Å²) >= 11 is 0. The van der Waals surface area contributed by atoms with Crippen LogP contribution in [0.1, 0.15) is 20.8 Å². The lowest BCUT2D eigenvalue weighted by molar-refractivity contribution is -0.137. The fourth-order valence-corrected chi connectivity index (χ4v) is 0. The Bertz CT molecular complexity index is 81.1. The normalized spacial score (nSPS) is 7.33. The molecule has 0 radical (unpaired) electrons. The summed E-state index contributed by atoms with van der Waals surface area (Å²) in [4.78, 5) is 9.59. The van der Waals surface area contributed by atoms with Crippen LogP contribution in [0.25, 0.3) is 0 Å². The van der Waals surface area contributed by atoms with E-state index in [2.05, 4.69) is 4.74 Å². The summed E-state index contributed by atoms with van der Waals surface area (Å²) in [7, 11) is 2.35. The van der Waals surface area contributed by atoms with Gasteiger partial charge in [-0.1, -0.05) is 13.8 Å². The molecule has 4 nitrogen and oxygen atoms in total. The van der Waals surface area contributed by atoms with Crippen LogP contribution in [0.15, 0.2) is 0 Å². The molecule has 0 amide bonds. The second-order valence-electron chi connectivity index (χ2n) is 2.27. The van der Waals surface area contributed by atoms with E-state index >= 15 is 0 Å². The smallest absolute Gasteiger partial charge is 0.302 e. The van der Waals surface area contributed by atoms with Crippen molar-refractivity contribution in [2.45, 2.75) is 20.8 Å². The Labute approximate surface area is 74.2 Å². The second kappa shape index (κ2) is 16.8. The number of rotatable bonds is 1. The first kappa shape index (κ1) is 17.5. The SMILES string of the molecule is CC(C)CO.CO.COC(C)=O. The Morgan fingerprint density at radius 1 is 1.42 bits per heavy atom. The number of ether oxygens (including phenoxy) is 1. The number of carbonyl (C=O) groups excluding carboxylic acids is 1. The van der Waals surface area contributed by atoms with Crippen LogP contribution < -0.4 is 0 Å². The predicted molar refractivity (Wildman–Crippen MR) is 47.8 cm³/mol. The molecule has 0 aliphatic rings. The van der Waals surface area contributed by atoms with E-state index in [1.807, 2.05) is 13.8 Å². The first-order valence-corrected chi connectivity index (χ1v) is 3.64. The van der Waals surface area contributed by atoms with Crippen LogP contribution in [0, 0.1) is 5.92 Å². The third kappa shape index (κ3) is 57.5. The number of aliphatic hydroxyl groups excluding tert-OH is 2. The maximum Gasteiger partial charge on any atom is 0.302 e. The molecule has 0 aromatic rings. The van der Waals surface area contributed by atoms with Gasteiger partial charge in [0.2, 0.25) is 0 Å². The fourth-order valence-electron chi connectivity index (χ4n) is 0. The maximum absolute atomic E-state index is 9.59. The van der Waals surface area contributed by atoms with Crippen LogP contribution in [-0.4, -0.2) is 37.0 Å². The summed E-state index contributed by atoms with van der Waals surface area (Å²) in [6.07, 6.45) is 0. The van der Waals surface area contributed by atoms with Gasteiger partial charge < -0.3 is 14.9 Å². The largest absolute Gasteiger partial charge is 0.469 e. The van der Waals surface area contributed by atoms with Gasteiger partial charge in [-0.25, -0.2) is 0 Å². The molecule has 4 heteroatoms. The van der Waals surface area contributed by atoms with Gasteiger partial charge in [-0.15, -0.1) is 0 Å². The highest BCUT2D eigenvalue weighted by Gasteiger charge is 1.81. The number of aliphatic hydroxyl groups is 2.